The molecule has 8 nitrogen and oxygen atoms in total. The number of alkyl halides is 3. The fraction of sp³-hybridized carbons (Fsp3) is 0.638. The van der Waals surface area contributed by atoms with Gasteiger partial charge in [-0.25, -0.2) is 0 Å². The summed E-state index contributed by atoms with van der Waals surface area (Å²) in [5.41, 5.74) is -1.45. The van der Waals surface area contributed by atoms with Crippen LogP contribution in [0.2, 0.25) is 0 Å². The number of halogens is 3. The highest BCUT2D eigenvalue weighted by atomic mass is 19.4. The van der Waals surface area contributed by atoms with Crippen LogP contribution in [-0.4, -0.2) is 63.0 Å². The topological polar surface area (TPSA) is 113 Å². The fourth-order valence-corrected chi connectivity index (χ4v) is 11.3. The predicted molar refractivity (Wildman–Crippen MR) is 213 cm³/mol. The van der Waals surface area contributed by atoms with Gasteiger partial charge in [-0.2, -0.15) is 0 Å². The molecule has 316 valence electrons. The average Bonchev–Trinajstić information content (AvgIpc) is 3.61. The quantitative estimate of drug-likeness (QED) is 0.155. The first-order valence-electron chi connectivity index (χ1n) is 21.3. The highest BCUT2D eigenvalue weighted by Gasteiger charge is 2.76. The van der Waals surface area contributed by atoms with Crippen LogP contribution in [0.15, 0.2) is 54.1 Å². The molecule has 3 saturated carbocycles. The summed E-state index contributed by atoms with van der Waals surface area (Å²) < 4.78 is 49.3. The number of ether oxygens (including phenoxy) is 2. The summed E-state index contributed by atoms with van der Waals surface area (Å²) in [6.07, 6.45) is 6.11. The molecule has 1 heterocycles. The lowest BCUT2D eigenvalue weighted by Crippen LogP contribution is -2.60. The van der Waals surface area contributed by atoms with Crippen molar-refractivity contribution in [1.82, 2.24) is 4.90 Å². The molecule has 4 fully saturated rings. The standard InChI is InChI=1S/C47H60F3NO7/c1-30-10-9-22-43(4)38(36-20-16-32(26-34(52)17-13-30)27-37(36)39(53)33-11-7-6-8-12-33)21-23-45(43,56)29-51(28-31-14-18-35(19-15-31)57-47(48,49)50)40(54)46-25-24-44(5,41(55)58-46)42(46,2)3/h10,14-16,18-20,27,33-34,38,52,56H,6-9,11-13,17,21-26,28-29H2,1-5H3. The van der Waals surface area contributed by atoms with E-state index in [1.807, 2.05) is 39.0 Å². The summed E-state index contributed by atoms with van der Waals surface area (Å²) in [6.45, 7) is 9.55. The summed E-state index contributed by atoms with van der Waals surface area (Å²) in [5, 5.41) is 24.3. The van der Waals surface area contributed by atoms with Gasteiger partial charge in [0.2, 0.25) is 0 Å². The molecule has 1 saturated heterocycles. The molecule has 0 radical (unpaired) electrons. The normalized spacial score (nSPS) is 32.6. The largest absolute Gasteiger partial charge is 0.573 e. The van der Waals surface area contributed by atoms with Gasteiger partial charge in [-0.05, 0) is 125 Å². The van der Waals surface area contributed by atoms with Gasteiger partial charge in [-0.15, -0.1) is 13.2 Å². The second-order valence-electron chi connectivity index (χ2n) is 19.2. The van der Waals surface area contributed by atoms with Crippen LogP contribution in [0.3, 0.4) is 0 Å². The molecule has 0 spiro atoms. The van der Waals surface area contributed by atoms with E-state index >= 15 is 4.79 Å². The zero-order valence-electron chi connectivity index (χ0n) is 34.7. The Kier molecular flexibility index (Phi) is 11.3. The molecule has 2 N–H and O–H groups in total. The Hall–Kier alpha value is -3.70. The zero-order valence-corrected chi connectivity index (χ0v) is 34.7. The van der Waals surface area contributed by atoms with Crippen molar-refractivity contribution < 1.29 is 47.2 Å². The number of allylic oxidation sites excluding steroid dienone is 2. The monoisotopic (exact) mass is 807 g/mol. The first-order valence-corrected chi connectivity index (χ1v) is 21.3. The molecule has 6 atom stereocenters. The minimum absolute atomic E-state index is 0.0538. The lowest BCUT2D eigenvalue weighted by Gasteiger charge is -2.47. The van der Waals surface area contributed by atoms with Gasteiger partial charge < -0.3 is 24.6 Å². The average molecular weight is 808 g/mol. The number of aliphatic hydroxyl groups excluding tert-OH is 1. The van der Waals surface area contributed by atoms with E-state index in [1.54, 1.807) is 4.90 Å². The Bertz CT molecular complexity index is 1940. The Balaban J connectivity index is 1.30. The minimum Gasteiger partial charge on any atom is -0.448 e. The molecule has 2 aromatic rings. The SMILES string of the molecule is CC1=CCCC2(C)C(CCC2(O)CN(Cc2ccc(OC(F)(F)F)cc2)C(=O)C23CCC(C)(C(=O)O2)C3(C)C)c2ccc(cc2C(=O)C2CCCCC2)CC(O)CC1. The summed E-state index contributed by atoms with van der Waals surface area (Å²) in [5.74, 6) is -1.47. The van der Waals surface area contributed by atoms with E-state index in [1.165, 1.54) is 24.3 Å². The van der Waals surface area contributed by atoms with Gasteiger partial charge in [-0.1, -0.05) is 75.9 Å². The van der Waals surface area contributed by atoms with Gasteiger partial charge in [0, 0.05) is 28.9 Å². The number of amides is 1. The minimum atomic E-state index is -4.87. The van der Waals surface area contributed by atoms with E-state index in [9.17, 15) is 33.0 Å². The molecule has 2 aromatic carbocycles. The van der Waals surface area contributed by atoms with Gasteiger partial charge >= 0.3 is 12.3 Å². The molecule has 11 heteroatoms. The van der Waals surface area contributed by atoms with Gasteiger partial charge in [0.05, 0.1) is 23.7 Å². The van der Waals surface area contributed by atoms with Crippen LogP contribution < -0.4 is 4.74 Å². The molecule has 1 aliphatic heterocycles. The number of carbonyl (C=O) groups excluding carboxylic acids is 3. The number of rotatable bonds is 8. The Morgan fingerprint density at radius 1 is 0.931 bits per heavy atom. The second-order valence-corrected chi connectivity index (χ2v) is 19.2. The Labute approximate surface area is 340 Å². The van der Waals surface area contributed by atoms with Crippen LogP contribution in [0.4, 0.5) is 13.2 Å². The summed E-state index contributed by atoms with van der Waals surface area (Å²) in [6, 6.07) is 11.4. The molecule has 8 rings (SSSR count). The number of carbonyl (C=O) groups is 3. The summed E-state index contributed by atoms with van der Waals surface area (Å²) >= 11 is 0. The number of hydrogen-bond acceptors (Lipinski definition) is 7. The molecule has 5 aliphatic carbocycles. The number of hydrogen-bond donors (Lipinski definition) is 2. The van der Waals surface area contributed by atoms with Crippen molar-refractivity contribution in [3.8, 4) is 5.75 Å². The first kappa shape index (κ1) is 42.4. The molecule has 6 aliphatic rings. The van der Waals surface area contributed by atoms with E-state index in [2.05, 4.69) is 24.7 Å². The molecule has 4 bridgehead atoms. The van der Waals surface area contributed by atoms with Crippen LogP contribution in [-0.2, 0) is 27.3 Å². The van der Waals surface area contributed by atoms with Gasteiger partial charge in [-0.3, -0.25) is 14.4 Å². The van der Waals surface area contributed by atoms with Gasteiger partial charge in [0.1, 0.15) is 5.75 Å². The fourth-order valence-electron chi connectivity index (χ4n) is 11.3. The highest BCUT2D eigenvalue weighted by molar-refractivity contribution is 6.00. The van der Waals surface area contributed by atoms with Crippen LogP contribution in [0.25, 0.3) is 0 Å². The van der Waals surface area contributed by atoms with Crippen LogP contribution >= 0.6 is 0 Å². The number of benzene rings is 2. The number of esters is 1. The molecule has 6 unspecified atom stereocenters. The van der Waals surface area contributed by atoms with Crippen LogP contribution in [0.5, 0.6) is 5.75 Å². The lowest BCUT2D eigenvalue weighted by molar-refractivity contribution is -0.274. The number of Topliss-reactive ketones (excluding diaryl/α,β-unsaturated/α-hetero) is 1. The van der Waals surface area contributed by atoms with Crippen molar-refractivity contribution in [2.45, 2.75) is 161 Å². The Morgan fingerprint density at radius 2 is 1.64 bits per heavy atom. The third-order valence-corrected chi connectivity index (χ3v) is 15.6. The van der Waals surface area contributed by atoms with Crippen molar-refractivity contribution in [3.05, 3.63) is 76.4 Å². The molecular weight excluding hydrogens is 748 g/mol. The zero-order chi connectivity index (χ0) is 41.9. The summed E-state index contributed by atoms with van der Waals surface area (Å²) in [7, 11) is 0. The van der Waals surface area contributed by atoms with Crippen molar-refractivity contribution >= 4 is 17.7 Å². The lowest BCUT2D eigenvalue weighted by atomic mass is 9.64. The first-order chi connectivity index (χ1) is 27.2. The van der Waals surface area contributed by atoms with E-state index in [4.69, 9.17) is 4.74 Å². The van der Waals surface area contributed by atoms with E-state index < -0.39 is 57.5 Å². The second kappa shape index (κ2) is 15.4. The van der Waals surface area contributed by atoms with Crippen LogP contribution in [0.1, 0.15) is 151 Å². The van der Waals surface area contributed by atoms with Crippen LogP contribution in [0, 0.1) is 22.2 Å². The predicted octanol–water partition coefficient (Wildman–Crippen LogP) is 9.54. The number of nitrogens with zero attached hydrogens (tertiary/aromatic N) is 1. The van der Waals surface area contributed by atoms with E-state index in [-0.39, 0.29) is 30.7 Å². The molecule has 58 heavy (non-hydrogen) atoms. The Morgan fingerprint density at radius 3 is 2.28 bits per heavy atom. The van der Waals surface area contributed by atoms with E-state index in [0.717, 1.165) is 48.8 Å². The third-order valence-electron chi connectivity index (χ3n) is 15.6. The highest BCUT2D eigenvalue weighted by Crippen LogP contribution is 2.66. The molecule has 1 amide bonds. The number of ketones is 1. The van der Waals surface area contributed by atoms with Crippen molar-refractivity contribution in [1.29, 1.82) is 0 Å². The van der Waals surface area contributed by atoms with Crippen molar-refractivity contribution in [2.75, 3.05) is 6.54 Å². The van der Waals surface area contributed by atoms with Gasteiger partial charge in [0.25, 0.3) is 5.91 Å². The maximum absolute atomic E-state index is 15.2. The molecule has 0 aromatic heterocycles. The van der Waals surface area contributed by atoms with Crippen molar-refractivity contribution in [2.24, 2.45) is 22.2 Å². The van der Waals surface area contributed by atoms with Gasteiger partial charge in [0.15, 0.2) is 11.4 Å². The third kappa shape index (κ3) is 7.41. The van der Waals surface area contributed by atoms with Crippen molar-refractivity contribution in [3.63, 3.8) is 0 Å². The summed E-state index contributed by atoms with van der Waals surface area (Å²) in [4.78, 5) is 44.7. The molecular formula is C47H60F3NO7. The van der Waals surface area contributed by atoms with E-state index in [0.29, 0.717) is 68.9 Å². The maximum atomic E-state index is 15.2. The number of fused-ring (bicyclic) bond motifs is 10. The smallest absolute Gasteiger partial charge is 0.448 e. The number of aliphatic hydroxyl groups is 2. The maximum Gasteiger partial charge on any atom is 0.573 e.